The average molecular weight is 625 g/mol. The summed E-state index contributed by atoms with van der Waals surface area (Å²) >= 11 is 0. The van der Waals surface area contributed by atoms with Gasteiger partial charge in [-0.15, -0.1) is 0 Å². The summed E-state index contributed by atoms with van der Waals surface area (Å²) in [5, 5.41) is 0. The first-order valence-electron chi connectivity index (χ1n) is 18.3. The van der Waals surface area contributed by atoms with Crippen LogP contribution in [-0.4, -0.2) is 0 Å². The number of hydrogen-bond donors (Lipinski definition) is 0. The molecule has 0 heteroatoms. The highest BCUT2D eigenvalue weighted by Crippen LogP contribution is 2.56. The summed E-state index contributed by atoms with van der Waals surface area (Å²) in [4.78, 5) is 0. The summed E-state index contributed by atoms with van der Waals surface area (Å²) in [5.41, 5.74) is 4.49. The Morgan fingerprint density at radius 3 is 0.409 bits per heavy atom. The van der Waals surface area contributed by atoms with Crippen molar-refractivity contribution in [2.45, 2.75) is 227 Å². The smallest absolute Gasteiger partial charge is 0.0205 e. The van der Waals surface area contributed by atoms with E-state index in [9.17, 15) is 0 Å². The molecular formula is C44H96. The topological polar surface area (TPSA) is 0 Å². The molecule has 0 bridgehead atoms. The van der Waals surface area contributed by atoms with Crippen LogP contribution in [0.25, 0.3) is 0 Å². The molecule has 0 rings (SSSR count). The molecule has 0 N–H and O–H groups in total. The molecule has 0 heterocycles. The van der Waals surface area contributed by atoms with E-state index in [2.05, 4.69) is 208 Å². The van der Waals surface area contributed by atoms with E-state index < -0.39 is 0 Å². The SMILES string of the molecule is CC(C)(C)C(C)(C)C(C)(C)C.CC(C)(C)C(C)(C)C(C)(C)C.CC(C)(C)CC(C)(C)C.CCC(CC)(C(C)(C)C)C(C)(C)C. The van der Waals surface area contributed by atoms with Gasteiger partial charge < -0.3 is 0 Å². The van der Waals surface area contributed by atoms with Crippen molar-refractivity contribution in [3.63, 3.8) is 0 Å². The Labute approximate surface area is 285 Å². The van der Waals surface area contributed by atoms with E-state index in [1.165, 1.54) is 19.3 Å². The van der Waals surface area contributed by atoms with Gasteiger partial charge in [-0.05, 0) is 78.8 Å². The molecule has 0 aliphatic carbocycles. The van der Waals surface area contributed by atoms with Crippen molar-refractivity contribution in [1.82, 2.24) is 0 Å². The van der Waals surface area contributed by atoms with E-state index >= 15 is 0 Å². The normalized spacial score (nSPS) is 14.9. The van der Waals surface area contributed by atoms with Gasteiger partial charge in [-0.3, -0.25) is 0 Å². The minimum Gasteiger partial charge on any atom is -0.0648 e. The van der Waals surface area contributed by atoms with Crippen molar-refractivity contribution in [3.8, 4) is 0 Å². The van der Waals surface area contributed by atoms with E-state index in [1.54, 1.807) is 0 Å². The molecule has 0 fully saturated rings. The summed E-state index contributed by atoms with van der Waals surface area (Å²) in [6, 6.07) is 0. The Morgan fingerprint density at radius 2 is 0.409 bits per heavy atom. The van der Waals surface area contributed by atoms with E-state index in [0.717, 1.165) is 0 Å². The van der Waals surface area contributed by atoms with Crippen LogP contribution in [0.2, 0.25) is 0 Å². The van der Waals surface area contributed by atoms with E-state index in [-0.39, 0.29) is 0 Å². The zero-order chi connectivity index (χ0) is 37.6. The molecule has 0 spiro atoms. The van der Waals surface area contributed by atoms with E-state index in [1.807, 2.05) is 0 Å². The highest BCUT2D eigenvalue weighted by Gasteiger charge is 2.47. The molecule has 0 aromatic heterocycles. The van der Waals surface area contributed by atoms with Crippen LogP contribution in [-0.2, 0) is 0 Å². The second-order valence-electron chi connectivity index (χ2n) is 23.8. The van der Waals surface area contributed by atoms with Gasteiger partial charge in [0, 0.05) is 0 Å². The van der Waals surface area contributed by atoms with Crippen LogP contribution in [0.3, 0.4) is 0 Å². The van der Waals surface area contributed by atoms with Gasteiger partial charge >= 0.3 is 0 Å². The molecule has 0 aromatic carbocycles. The molecule has 0 radical (unpaired) electrons. The largest absolute Gasteiger partial charge is 0.0648 e. The van der Waals surface area contributed by atoms with Gasteiger partial charge in [-0.25, -0.2) is 0 Å². The van der Waals surface area contributed by atoms with Crippen LogP contribution in [0.15, 0.2) is 0 Å². The fourth-order valence-corrected chi connectivity index (χ4v) is 7.34. The fraction of sp³-hybridized carbons (Fsp3) is 1.00. The third-order valence-electron chi connectivity index (χ3n) is 12.6. The fourth-order valence-electron chi connectivity index (χ4n) is 7.34. The van der Waals surface area contributed by atoms with Crippen LogP contribution >= 0.6 is 0 Å². The van der Waals surface area contributed by atoms with E-state index in [4.69, 9.17) is 0 Å². The van der Waals surface area contributed by atoms with Crippen molar-refractivity contribution >= 4 is 0 Å². The zero-order valence-electron chi connectivity index (χ0n) is 37.6. The molecule has 0 atom stereocenters. The molecule has 0 unspecified atom stereocenters. The van der Waals surface area contributed by atoms with Gasteiger partial charge in [0.2, 0.25) is 0 Å². The maximum Gasteiger partial charge on any atom is -0.0205 e. The predicted molar refractivity (Wildman–Crippen MR) is 211 cm³/mol. The van der Waals surface area contributed by atoms with Crippen molar-refractivity contribution in [3.05, 3.63) is 0 Å². The molecule has 0 saturated carbocycles. The predicted octanol–water partition coefficient (Wildman–Crippen LogP) is 16.6. The Balaban J connectivity index is -0.000000244. The van der Waals surface area contributed by atoms with Gasteiger partial charge in [-0.2, -0.15) is 0 Å². The van der Waals surface area contributed by atoms with Crippen molar-refractivity contribution in [2.75, 3.05) is 0 Å². The van der Waals surface area contributed by atoms with Crippen LogP contribution in [0.4, 0.5) is 0 Å². The summed E-state index contributed by atoms with van der Waals surface area (Å²) in [6.45, 7) is 69.9. The first-order chi connectivity index (χ1) is 18.3. The Bertz CT molecular complexity index is 657. The van der Waals surface area contributed by atoms with Crippen molar-refractivity contribution in [2.24, 2.45) is 59.6 Å². The molecule has 0 saturated heterocycles. The number of rotatable bonds is 2. The highest BCUT2D eigenvalue weighted by atomic mass is 14.5. The lowest BCUT2D eigenvalue weighted by Gasteiger charge is -2.53. The highest BCUT2D eigenvalue weighted by molar-refractivity contribution is 4.97. The van der Waals surface area contributed by atoms with Crippen LogP contribution < -0.4 is 0 Å². The third-order valence-corrected chi connectivity index (χ3v) is 12.6. The van der Waals surface area contributed by atoms with Crippen LogP contribution in [0.1, 0.15) is 227 Å². The molecule has 0 aliphatic heterocycles. The maximum atomic E-state index is 2.38. The second kappa shape index (κ2) is 15.9. The zero-order valence-corrected chi connectivity index (χ0v) is 37.6. The van der Waals surface area contributed by atoms with Gasteiger partial charge in [0.1, 0.15) is 0 Å². The summed E-state index contributed by atoms with van der Waals surface area (Å²) in [6.07, 6.45) is 3.84. The molecule has 0 amide bonds. The van der Waals surface area contributed by atoms with Crippen molar-refractivity contribution < 1.29 is 0 Å². The standard InChI is InChI=1S/C13H28.2C11H24.C9H20/c1-9-13(10-2,11(3,4)5)12(6,7)8;2*1-9(2,3)11(7,8)10(4,5)6;1-8(2,3)7-9(4,5)6/h9-10H2,1-8H3;2*1-8H3;7H2,1-6H3. The van der Waals surface area contributed by atoms with Gasteiger partial charge in [0.15, 0.2) is 0 Å². The minimum atomic E-state index is 0.375. The molecular weight excluding hydrogens is 528 g/mol. The lowest BCUT2D eigenvalue weighted by atomic mass is 9.52. The third kappa shape index (κ3) is 16.2. The van der Waals surface area contributed by atoms with Gasteiger partial charge in [0.05, 0.1) is 0 Å². The first kappa shape index (κ1) is 50.8. The summed E-state index contributed by atoms with van der Waals surface area (Å²) in [5.74, 6) is 0. The first-order valence-corrected chi connectivity index (χ1v) is 18.3. The lowest BCUT2D eigenvalue weighted by Crippen LogP contribution is -2.45. The van der Waals surface area contributed by atoms with Crippen molar-refractivity contribution in [1.29, 1.82) is 0 Å². The number of hydrogen-bond acceptors (Lipinski definition) is 0. The lowest BCUT2D eigenvalue weighted by molar-refractivity contribution is -0.0395. The Morgan fingerprint density at radius 1 is 0.250 bits per heavy atom. The molecule has 272 valence electrons. The molecule has 0 nitrogen and oxygen atoms in total. The van der Waals surface area contributed by atoms with Gasteiger partial charge in [0.25, 0.3) is 0 Å². The van der Waals surface area contributed by atoms with Crippen LogP contribution in [0.5, 0.6) is 0 Å². The minimum absolute atomic E-state index is 0.375. The van der Waals surface area contributed by atoms with E-state index in [0.29, 0.717) is 59.6 Å². The monoisotopic (exact) mass is 625 g/mol. The second-order valence-corrected chi connectivity index (χ2v) is 23.8. The Kier molecular flexibility index (Phi) is 18.4. The molecule has 44 heavy (non-hydrogen) atoms. The summed E-state index contributed by atoms with van der Waals surface area (Å²) in [7, 11) is 0. The summed E-state index contributed by atoms with van der Waals surface area (Å²) < 4.78 is 0. The maximum absolute atomic E-state index is 2.38. The molecule has 0 aliphatic rings. The molecule has 0 aromatic rings. The average Bonchev–Trinajstić information content (AvgIpc) is 2.62. The quantitative estimate of drug-likeness (QED) is 0.287. The van der Waals surface area contributed by atoms with Crippen LogP contribution in [0, 0.1) is 59.6 Å². The van der Waals surface area contributed by atoms with Gasteiger partial charge in [-0.1, -0.05) is 208 Å². The Hall–Kier alpha value is 0.